The molecule has 122 valence electrons. The van der Waals surface area contributed by atoms with Gasteiger partial charge in [0.25, 0.3) is 5.91 Å². The molecule has 0 radical (unpaired) electrons. The van der Waals surface area contributed by atoms with Crippen LogP contribution < -0.4 is 5.32 Å². The minimum absolute atomic E-state index is 0.235. The van der Waals surface area contributed by atoms with Gasteiger partial charge in [-0.2, -0.15) is 0 Å². The van der Waals surface area contributed by atoms with Gasteiger partial charge in [-0.25, -0.2) is 4.98 Å². The molecule has 0 saturated heterocycles. The van der Waals surface area contributed by atoms with Gasteiger partial charge in [-0.15, -0.1) is 0 Å². The highest BCUT2D eigenvalue weighted by Gasteiger charge is 2.17. The second kappa shape index (κ2) is 6.75. The first-order valence-electron chi connectivity index (χ1n) is 7.76. The van der Waals surface area contributed by atoms with E-state index in [9.17, 15) is 4.79 Å². The Morgan fingerprint density at radius 1 is 0.920 bits per heavy atom. The summed E-state index contributed by atoms with van der Waals surface area (Å²) in [6, 6.07) is 21.6. The van der Waals surface area contributed by atoms with Gasteiger partial charge in [0.2, 0.25) is 0 Å². The quantitative estimate of drug-likeness (QED) is 0.544. The Bertz CT molecular complexity index is 920. The third-order valence-corrected chi connectivity index (χ3v) is 4.73. The SMILES string of the molecule is O=C(Nc1nc(-c2ccccc2)c(-c2ccccc2)s1)c1ccoc1. The van der Waals surface area contributed by atoms with Gasteiger partial charge in [-0.1, -0.05) is 72.0 Å². The van der Waals surface area contributed by atoms with Gasteiger partial charge in [0.15, 0.2) is 5.13 Å². The Hall–Kier alpha value is -3.18. The van der Waals surface area contributed by atoms with Crippen LogP contribution in [0.25, 0.3) is 21.7 Å². The Balaban J connectivity index is 1.75. The summed E-state index contributed by atoms with van der Waals surface area (Å²) in [6.45, 7) is 0. The molecule has 4 aromatic rings. The van der Waals surface area contributed by atoms with Crippen LogP contribution in [-0.4, -0.2) is 10.9 Å². The predicted molar refractivity (Wildman–Crippen MR) is 99.6 cm³/mol. The van der Waals surface area contributed by atoms with Crippen molar-refractivity contribution in [3.05, 3.63) is 84.8 Å². The summed E-state index contributed by atoms with van der Waals surface area (Å²) in [5, 5.41) is 3.41. The summed E-state index contributed by atoms with van der Waals surface area (Å²) in [7, 11) is 0. The standard InChI is InChI=1S/C20H14N2O2S/c23-19(16-11-12-24-13-16)22-20-21-17(14-7-3-1-4-8-14)18(25-20)15-9-5-2-6-10-15/h1-13H,(H,21,22,23). The monoisotopic (exact) mass is 346 g/mol. The first-order valence-corrected chi connectivity index (χ1v) is 8.58. The number of nitrogens with one attached hydrogen (secondary N) is 1. The molecule has 0 aliphatic carbocycles. The number of hydrogen-bond donors (Lipinski definition) is 1. The smallest absolute Gasteiger partial charge is 0.260 e. The van der Waals surface area contributed by atoms with Crippen LogP contribution in [0, 0.1) is 0 Å². The molecule has 2 heterocycles. The van der Waals surface area contributed by atoms with Crippen LogP contribution in [0.5, 0.6) is 0 Å². The zero-order valence-corrected chi connectivity index (χ0v) is 14.0. The number of furan rings is 1. The molecule has 1 amide bonds. The van der Waals surface area contributed by atoms with Gasteiger partial charge in [-0.05, 0) is 11.6 Å². The number of amides is 1. The number of thiazole rings is 1. The number of carbonyl (C=O) groups is 1. The van der Waals surface area contributed by atoms with E-state index in [-0.39, 0.29) is 5.91 Å². The Morgan fingerprint density at radius 3 is 2.24 bits per heavy atom. The molecule has 5 heteroatoms. The van der Waals surface area contributed by atoms with Crippen molar-refractivity contribution in [2.24, 2.45) is 0 Å². The van der Waals surface area contributed by atoms with Crippen molar-refractivity contribution < 1.29 is 9.21 Å². The predicted octanol–water partition coefficient (Wildman–Crippen LogP) is 5.32. The molecule has 0 saturated carbocycles. The second-order valence-electron chi connectivity index (χ2n) is 5.39. The normalized spacial score (nSPS) is 10.6. The van der Waals surface area contributed by atoms with Crippen molar-refractivity contribution in [2.45, 2.75) is 0 Å². The molecule has 0 spiro atoms. The molecule has 4 nitrogen and oxygen atoms in total. The number of hydrogen-bond acceptors (Lipinski definition) is 4. The molecule has 4 rings (SSSR count). The van der Waals surface area contributed by atoms with Crippen molar-refractivity contribution >= 4 is 22.4 Å². The summed E-state index contributed by atoms with van der Waals surface area (Å²) in [5.74, 6) is -0.235. The molecule has 0 aliphatic rings. The van der Waals surface area contributed by atoms with Gasteiger partial charge in [0.05, 0.1) is 22.4 Å². The third-order valence-electron chi connectivity index (χ3n) is 3.71. The molecule has 0 fully saturated rings. The van der Waals surface area contributed by atoms with Gasteiger partial charge < -0.3 is 4.42 Å². The zero-order chi connectivity index (χ0) is 17.1. The lowest BCUT2D eigenvalue weighted by atomic mass is 10.1. The topological polar surface area (TPSA) is 55.1 Å². The maximum absolute atomic E-state index is 12.3. The third kappa shape index (κ3) is 3.22. The number of anilines is 1. The van der Waals surface area contributed by atoms with Crippen molar-refractivity contribution in [1.82, 2.24) is 4.98 Å². The molecule has 2 aromatic heterocycles. The average molecular weight is 346 g/mol. The van der Waals surface area contributed by atoms with Gasteiger partial charge >= 0.3 is 0 Å². The van der Waals surface area contributed by atoms with Gasteiger partial charge in [0.1, 0.15) is 6.26 Å². The van der Waals surface area contributed by atoms with Crippen LogP contribution in [0.1, 0.15) is 10.4 Å². The van der Waals surface area contributed by atoms with E-state index >= 15 is 0 Å². The Labute approximate surface area is 148 Å². The summed E-state index contributed by atoms with van der Waals surface area (Å²) in [5.41, 5.74) is 3.42. The van der Waals surface area contributed by atoms with Crippen molar-refractivity contribution in [1.29, 1.82) is 0 Å². The van der Waals surface area contributed by atoms with E-state index in [1.807, 2.05) is 60.7 Å². The summed E-state index contributed by atoms with van der Waals surface area (Å²) < 4.78 is 4.96. The fourth-order valence-corrected chi connectivity index (χ4v) is 3.50. The van der Waals surface area contributed by atoms with E-state index in [2.05, 4.69) is 10.3 Å². The highest BCUT2D eigenvalue weighted by atomic mass is 32.1. The fraction of sp³-hybridized carbons (Fsp3) is 0. The first-order chi connectivity index (χ1) is 12.3. The maximum atomic E-state index is 12.3. The lowest BCUT2D eigenvalue weighted by Gasteiger charge is -2.02. The zero-order valence-electron chi connectivity index (χ0n) is 13.2. The lowest BCUT2D eigenvalue weighted by Crippen LogP contribution is -2.10. The molecule has 0 aliphatic heterocycles. The van der Waals surface area contributed by atoms with E-state index in [0.29, 0.717) is 10.7 Å². The van der Waals surface area contributed by atoms with E-state index in [1.165, 1.54) is 23.9 Å². The maximum Gasteiger partial charge on any atom is 0.260 e. The molecule has 0 atom stereocenters. The van der Waals surface area contributed by atoms with E-state index < -0.39 is 0 Å². The fourth-order valence-electron chi connectivity index (χ4n) is 2.51. The van der Waals surface area contributed by atoms with Crippen LogP contribution in [-0.2, 0) is 0 Å². The highest BCUT2D eigenvalue weighted by Crippen LogP contribution is 2.38. The second-order valence-corrected chi connectivity index (χ2v) is 6.39. The first kappa shape index (κ1) is 15.4. The molecule has 25 heavy (non-hydrogen) atoms. The van der Waals surface area contributed by atoms with E-state index in [4.69, 9.17) is 4.42 Å². The molecule has 1 N–H and O–H groups in total. The summed E-state index contributed by atoms with van der Waals surface area (Å²) in [4.78, 5) is 17.9. The molecular formula is C20H14N2O2S. The van der Waals surface area contributed by atoms with Gasteiger partial charge in [-0.3, -0.25) is 10.1 Å². The van der Waals surface area contributed by atoms with E-state index in [0.717, 1.165) is 21.7 Å². The number of rotatable bonds is 4. The average Bonchev–Trinajstić information content (AvgIpc) is 3.33. The molecule has 2 aromatic carbocycles. The van der Waals surface area contributed by atoms with Crippen LogP contribution in [0.4, 0.5) is 5.13 Å². The summed E-state index contributed by atoms with van der Waals surface area (Å²) in [6.07, 6.45) is 2.89. The number of aromatic nitrogens is 1. The lowest BCUT2D eigenvalue weighted by molar-refractivity contribution is 0.102. The Morgan fingerprint density at radius 2 is 1.60 bits per heavy atom. The van der Waals surface area contributed by atoms with E-state index in [1.54, 1.807) is 6.07 Å². The van der Waals surface area contributed by atoms with Crippen LogP contribution in [0.2, 0.25) is 0 Å². The molecule has 0 unspecified atom stereocenters. The van der Waals surface area contributed by atoms with Crippen molar-refractivity contribution in [3.63, 3.8) is 0 Å². The Kier molecular flexibility index (Phi) is 4.14. The van der Waals surface area contributed by atoms with Crippen LogP contribution >= 0.6 is 11.3 Å². The van der Waals surface area contributed by atoms with Crippen molar-refractivity contribution in [2.75, 3.05) is 5.32 Å². The largest absolute Gasteiger partial charge is 0.472 e. The van der Waals surface area contributed by atoms with Crippen molar-refractivity contribution in [3.8, 4) is 21.7 Å². The van der Waals surface area contributed by atoms with Gasteiger partial charge in [0, 0.05) is 5.56 Å². The highest BCUT2D eigenvalue weighted by molar-refractivity contribution is 7.19. The van der Waals surface area contributed by atoms with Crippen LogP contribution in [0.15, 0.2) is 83.7 Å². The summed E-state index contributed by atoms with van der Waals surface area (Å²) >= 11 is 1.46. The number of carbonyl (C=O) groups excluding carboxylic acids is 1. The number of benzene rings is 2. The minimum atomic E-state index is -0.235. The van der Waals surface area contributed by atoms with Crippen LogP contribution in [0.3, 0.4) is 0 Å². The molecule has 0 bridgehead atoms. The molecular weight excluding hydrogens is 332 g/mol. The number of nitrogens with zero attached hydrogens (tertiary/aromatic N) is 1. The minimum Gasteiger partial charge on any atom is -0.472 e.